The zero-order chi connectivity index (χ0) is 15.5. The second kappa shape index (κ2) is 6.54. The van der Waals surface area contributed by atoms with E-state index in [1.54, 1.807) is 16.2 Å². The van der Waals surface area contributed by atoms with Gasteiger partial charge in [0.2, 0.25) is 0 Å². The molecule has 1 aliphatic heterocycles. The van der Waals surface area contributed by atoms with Crippen LogP contribution in [0.1, 0.15) is 15.2 Å². The average molecular weight is 322 g/mol. The van der Waals surface area contributed by atoms with Crippen LogP contribution in [0.15, 0.2) is 35.7 Å². The standard InChI is InChI=1S/C16H16F2N2OS/c17-12-3-4-14(15(18)10-12)16(21)20-7-5-19(6-8-20)11-13-2-1-9-22-13/h1-4,9-10H,5-8,11H2. The molecule has 1 saturated heterocycles. The number of amides is 1. The molecule has 116 valence electrons. The van der Waals surface area contributed by atoms with Crippen molar-refractivity contribution in [1.29, 1.82) is 0 Å². The molecule has 1 fully saturated rings. The summed E-state index contributed by atoms with van der Waals surface area (Å²) in [5.74, 6) is -1.84. The Labute approximate surface area is 131 Å². The zero-order valence-electron chi connectivity index (χ0n) is 12.0. The van der Waals surface area contributed by atoms with Gasteiger partial charge in [0.15, 0.2) is 0 Å². The summed E-state index contributed by atoms with van der Waals surface area (Å²) in [6, 6.07) is 7.20. The number of hydrogen-bond donors (Lipinski definition) is 0. The molecule has 1 amide bonds. The van der Waals surface area contributed by atoms with Crippen LogP contribution in [0.25, 0.3) is 0 Å². The van der Waals surface area contributed by atoms with Gasteiger partial charge in [-0.1, -0.05) is 6.07 Å². The fourth-order valence-electron chi connectivity index (χ4n) is 2.57. The number of rotatable bonds is 3. The fraction of sp³-hybridized carbons (Fsp3) is 0.312. The second-order valence-electron chi connectivity index (χ2n) is 5.27. The van der Waals surface area contributed by atoms with Crippen LogP contribution >= 0.6 is 11.3 Å². The van der Waals surface area contributed by atoms with Crippen molar-refractivity contribution in [2.75, 3.05) is 26.2 Å². The molecule has 3 rings (SSSR count). The summed E-state index contributed by atoms with van der Waals surface area (Å²) in [6.45, 7) is 3.51. The average Bonchev–Trinajstić information content (AvgIpc) is 3.00. The highest BCUT2D eigenvalue weighted by molar-refractivity contribution is 7.09. The molecule has 0 aliphatic carbocycles. The molecule has 1 aliphatic rings. The molecule has 22 heavy (non-hydrogen) atoms. The number of carbonyl (C=O) groups is 1. The van der Waals surface area contributed by atoms with Crippen molar-refractivity contribution >= 4 is 17.2 Å². The Morgan fingerprint density at radius 1 is 1.14 bits per heavy atom. The highest BCUT2D eigenvalue weighted by Crippen LogP contribution is 2.16. The van der Waals surface area contributed by atoms with E-state index >= 15 is 0 Å². The van der Waals surface area contributed by atoms with E-state index in [0.717, 1.165) is 31.8 Å². The summed E-state index contributed by atoms with van der Waals surface area (Å²) in [5, 5.41) is 2.05. The van der Waals surface area contributed by atoms with Crippen molar-refractivity contribution in [3.05, 3.63) is 57.8 Å². The molecular formula is C16H16F2N2OS. The van der Waals surface area contributed by atoms with E-state index in [9.17, 15) is 13.6 Å². The number of piperazine rings is 1. The van der Waals surface area contributed by atoms with Crippen molar-refractivity contribution in [2.24, 2.45) is 0 Å². The lowest BCUT2D eigenvalue weighted by atomic mass is 10.1. The number of halogens is 2. The number of carbonyl (C=O) groups excluding carboxylic acids is 1. The van der Waals surface area contributed by atoms with Gasteiger partial charge in [-0.25, -0.2) is 8.78 Å². The normalized spacial score (nSPS) is 16.0. The Morgan fingerprint density at radius 2 is 1.91 bits per heavy atom. The monoisotopic (exact) mass is 322 g/mol. The summed E-state index contributed by atoms with van der Waals surface area (Å²) in [7, 11) is 0. The van der Waals surface area contributed by atoms with Gasteiger partial charge in [-0.2, -0.15) is 0 Å². The van der Waals surface area contributed by atoms with Gasteiger partial charge in [0.25, 0.3) is 5.91 Å². The molecule has 1 aromatic heterocycles. The summed E-state index contributed by atoms with van der Waals surface area (Å²) < 4.78 is 26.6. The zero-order valence-corrected chi connectivity index (χ0v) is 12.8. The second-order valence-corrected chi connectivity index (χ2v) is 6.30. The summed E-state index contributed by atoms with van der Waals surface area (Å²) >= 11 is 1.72. The van der Waals surface area contributed by atoms with E-state index in [1.807, 2.05) is 11.4 Å². The van der Waals surface area contributed by atoms with E-state index in [-0.39, 0.29) is 11.5 Å². The molecule has 3 nitrogen and oxygen atoms in total. The Bertz CT molecular complexity index is 652. The lowest BCUT2D eigenvalue weighted by molar-refractivity contribution is 0.0625. The fourth-order valence-corrected chi connectivity index (χ4v) is 3.31. The molecule has 0 N–H and O–H groups in total. The Morgan fingerprint density at radius 3 is 2.55 bits per heavy atom. The highest BCUT2D eigenvalue weighted by Gasteiger charge is 2.24. The van der Waals surface area contributed by atoms with Crippen LogP contribution in [0.4, 0.5) is 8.78 Å². The Balaban J connectivity index is 1.60. The van der Waals surface area contributed by atoms with E-state index in [4.69, 9.17) is 0 Å². The smallest absolute Gasteiger partial charge is 0.256 e. The molecule has 2 heterocycles. The van der Waals surface area contributed by atoms with Crippen LogP contribution in [-0.2, 0) is 6.54 Å². The number of benzene rings is 1. The van der Waals surface area contributed by atoms with Crippen molar-refractivity contribution in [2.45, 2.75) is 6.54 Å². The number of nitrogens with zero attached hydrogens (tertiary/aromatic N) is 2. The first-order valence-corrected chi connectivity index (χ1v) is 8.00. The minimum absolute atomic E-state index is 0.0619. The van der Waals surface area contributed by atoms with Crippen molar-refractivity contribution in [1.82, 2.24) is 9.80 Å². The van der Waals surface area contributed by atoms with Crippen LogP contribution < -0.4 is 0 Å². The lowest BCUT2D eigenvalue weighted by Crippen LogP contribution is -2.48. The van der Waals surface area contributed by atoms with Gasteiger partial charge in [0.05, 0.1) is 5.56 Å². The van der Waals surface area contributed by atoms with Crippen LogP contribution in [0.5, 0.6) is 0 Å². The van der Waals surface area contributed by atoms with Crippen molar-refractivity contribution in [3.63, 3.8) is 0 Å². The van der Waals surface area contributed by atoms with Gasteiger partial charge in [-0.05, 0) is 23.6 Å². The minimum Gasteiger partial charge on any atom is -0.336 e. The molecule has 2 aromatic rings. The van der Waals surface area contributed by atoms with Gasteiger partial charge in [0, 0.05) is 43.7 Å². The van der Waals surface area contributed by atoms with Gasteiger partial charge < -0.3 is 4.90 Å². The summed E-state index contributed by atoms with van der Waals surface area (Å²) in [4.78, 5) is 17.5. The van der Waals surface area contributed by atoms with Gasteiger partial charge in [-0.15, -0.1) is 11.3 Å². The van der Waals surface area contributed by atoms with Crippen LogP contribution in [0.2, 0.25) is 0 Å². The molecule has 0 spiro atoms. The first-order chi connectivity index (χ1) is 10.6. The third-order valence-corrected chi connectivity index (χ3v) is 4.64. The van der Waals surface area contributed by atoms with E-state index in [0.29, 0.717) is 13.1 Å². The largest absolute Gasteiger partial charge is 0.336 e. The molecule has 0 atom stereocenters. The first kappa shape index (κ1) is 15.1. The SMILES string of the molecule is O=C(c1ccc(F)cc1F)N1CCN(Cc2cccs2)CC1. The maximum Gasteiger partial charge on any atom is 0.256 e. The quantitative estimate of drug-likeness (QED) is 0.867. The molecule has 0 bridgehead atoms. The van der Waals surface area contributed by atoms with Crippen molar-refractivity contribution in [3.8, 4) is 0 Å². The molecular weight excluding hydrogens is 306 g/mol. The molecule has 6 heteroatoms. The highest BCUT2D eigenvalue weighted by atomic mass is 32.1. The van der Waals surface area contributed by atoms with Gasteiger partial charge >= 0.3 is 0 Å². The topological polar surface area (TPSA) is 23.6 Å². The predicted molar refractivity (Wildman–Crippen MR) is 81.9 cm³/mol. The molecule has 0 saturated carbocycles. The first-order valence-electron chi connectivity index (χ1n) is 7.12. The number of hydrogen-bond acceptors (Lipinski definition) is 3. The summed E-state index contributed by atoms with van der Waals surface area (Å²) in [6.07, 6.45) is 0. The Kier molecular flexibility index (Phi) is 4.49. The van der Waals surface area contributed by atoms with E-state index < -0.39 is 11.6 Å². The Hall–Kier alpha value is -1.79. The third-order valence-electron chi connectivity index (χ3n) is 3.78. The summed E-state index contributed by atoms with van der Waals surface area (Å²) in [5.41, 5.74) is -0.0619. The van der Waals surface area contributed by atoms with Crippen LogP contribution in [0, 0.1) is 11.6 Å². The van der Waals surface area contributed by atoms with Gasteiger partial charge in [-0.3, -0.25) is 9.69 Å². The van der Waals surface area contributed by atoms with Crippen LogP contribution in [0.3, 0.4) is 0 Å². The molecule has 0 unspecified atom stereocenters. The van der Waals surface area contributed by atoms with E-state index in [2.05, 4.69) is 11.0 Å². The minimum atomic E-state index is -0.800. The van der Waals surface area contributed by atoms with Crippen LogP contribution in [-0.4, -0.2) is 41.9 Å². The van der Waals surface area contributed by atoms with Crippen molar-refractivity contribution < 1.29 is 13.6 Å². The maximum atomic E-state index is 13.7. The molecule has 1 aromatic carbocycles. The predicted octanol–water partition coefficient (Wildman–Crippen LogP) is 2.98. The maximum absolute atomic E-state index is 13.7. The lowest BCUT2D eigenvalue weighted by Gasteiger charge is -2.34. The van der Waals surface area contributed by atoms with Gasteiger partial charge in [0.1, 0.15) is 11.6 Å². The molecule has 0 radical (unpaired) electrons. The van der Waals surface area contributed by atoms with E-state index in [1.165, 1.54) is 10.9 Å². The third kappa shape index (κ3) is 3.34. The number of thiophene rings is 1.